The van der Waals surface area contributed by atoms with Crippen LogP contribution in [-0.2, 0) is 4.79 Å². The maximum atomic E-state index is 11.5. The van der Waals surface area contributed by atoms with Crippen LogP contribution in [0.2, 0.25) is 0 Å². The van der Waals surface area contributed by atoms with Gasteiger partial charge in [0.25, 0.3) is 0 Å². The maximum Gasteiger partial charge on any atom is 0.325 e. The third kappa shape index (κ3) is 3.10. The van der Waals surface area contributed by atoms with Gasteiger partial charge in [-0.25, -0.2) is 4.79 Å². The number of hydrogen-bond acceptors (Lipinski definition) is 3. The van der Waals surface area contributed by atoms with Gasteiger partial charge in [0, 0.05) is 24.6 Å². The van der Waals surface area contributed by atoms with Crippen LogP contribution in [0.15, 0.2) is 0 Å². The Hall–Kier alpha value is -0.910. The van der Waals surface area contributed by atoms with E-state index in [-0.39, 0.29) is 6.03 Å². The van der Waals surface area contributed by atoms with Crippen molar-refractivity contribution in [1.82, 2.24) is 10.2 Å². The summed E-state index contributed by atoms with van der Waals surface area (Å²) in [6.45, 7) is 2.85. The number of carboxylic acids is 1. The van der Waals surface area contributed by atoms with E-state index in [1.54, 1.807) is 16.7 Å². The topological polar surface area (TPSA) is 69.6 Å². The quantitative estimate of drug-likeness (QED) is 0.695. The maximum absolute atomic E-state index is 11.5. The van der Waals surface area contributed by atoms with Crippen molar-refractivity contribution in [2.45, 2.75) is 13.0 Å². The third-order valence-corrected chi connectivity index (χ3v) is 2.95. The molecule has 0 aromatic heterocycles. The predicted molar refractivity (Wildman–Crippen MR) is 54.5 cm³/mol. The molecule has 1 fully saturated rings. The third-order valence-electron chi connectivity index (χ3n) is 2.01. The van der Waals surface area contributed by atoms with E-state index in [9.17, 15) is 9.59 Å². The van der Waals surface area contributed by atoms with Crippen LogP contribution in [0.1, 0.15) is 6.92 Å². The first-order valence-electron chi connectivity index (χ1n) is 4.47. The van der Waals surface area contributed by atoms with Crippen molar-refractivity contribution in [2.75, 3.05) is 24.6 Å². The van der Waals surface area contributed by atoms with Crippen molar-refractivity contribution in [3.8, 4) is 0 Å². The number of carboxylic acid groups (broad SMARTS) is 1. The predicted octanol–water partition coefficient (Wildman–Crippen LogP) is 0.218. The molecule has 0 bridgehead atoms. The van der Waals surface area contributed by atoms with E-state index in [0.29, 0.717) is 13.1 Å². The van der Waals surface area contributed by atoms with Gasteiger partial charge in [0.05, 0.1) is 0 Å². The molecule has 2 N–H and O–H groups in total. The molecule has 6 heteroatoms. The minimum absolute atomic E-state index is 0.278. The second kappa shape index (κ2) is 5.09. The highest BCUT2D eigenvalue weighted by Gasteiger charge is 2.20. The van der Waals surface area contributed by atoms with Gasteiger partial charge in [-0.1, -0.05) is 0 Å². The number of carbonyl (C=O) groups is 2. The summed E-state index contributed by atoms with van der Waals surface area (Å²) in [4.78, 5) is 23.6. The second-order valence-corrected chi connectivity index (χ2v) is 4.33. The molecule has 1 saturated heterocycles. The van der Waals surface area contributed by atoms with Crippen LogP contribution < -0.4 is 5.32 Å². The number of aliphatic carboxylic acids is 1. The summed E-state index contributed by atoms with van der Waals surface area (Å²) in [7, 11) is 0. The Kier molecular flexibility index (Phi) is 4.06. The minimum atomic E-state index is -1.01. The highest BCUT2D eigenvalue weighted by Crippen LogP contribution is 2.08. The normalized spacial score (nSPS) is 18.8. The van der Waals surface area contributed by atoms with Crippen molar-refractivity contribution in [3.63, 3.8) is 0 Å². The number of urea groups is 1. The number of nitrogens with one attached hydrogen (secondary N) is 1. The number of carbonyl (C=O) groups excluding carboxylic acids is 1. The lowest BCUT2D eigenvalue weighted by molar-refractivity contribution is -0.138. The van der Waals surface area contributed by atoms with Crippen molar-refractivity contribution in [2.24, 2.45) is 0 Å². The first-order chi connectivity index (χ1) is 6.61. The van der Waals surface area contributed by atoms with Crippen molar-refractivity contribution < 1.29 is 14.7 Å². The molecular formula is C8H14N2O3S. The molecule has 1 aliphatic heterocycles. The van der Waals surface area contributed by atoms with E-state index in [1.165, 1.54) is 6.92 Å². The van der Waals surface area contributed by atoms with E-state index in [1.807, 2.05) is 0 Å². The fourth-order valence-electron chi connectivity index (χ4n) is 1.10. The van der Waals surface area contributed by atoms with Crippen LogP contribution >= 0.6 is 11.8 Å². The first-order valence-corrected chi connectivity index (χ1v) is 5.62. The molecule has 0 spiro atoms. The van der Waals surface area contributed by atoms with Crippen molar-refractivity contribution >= 4 is 23.8 Å². The monoisotopic (exact) mass is 218 g/mol. The molecule has 1 atom stereocenters. The number of rotatable bonds is 2. The number of thioether (sulfide) groups is 1. The van der Waals surface area contributed by atoms with Gasteiger partial charge in [0.2, 0.25) is 0 Å². The van der Waals surface area contributed by atoms with Gasteiger partial charge in [0.1, 0.15) is 6.04 Å². The Labute approximate surface area is 86.8 Å². The van der Waals surface area contributed by atoms with Gasteiger partial charge in [-0.2, -0.15) is 11.8 Å². The molecule has 5 nitrogen and oxygen atoms in total. The molecule has 80 valence electrons. The van der Waals surface area contributed by atoms with Crippen LogP contribution in [0.25, 0.3) is 0 Å². The lowest BCUT2D eigenvalue weighted by atomic mass is 10.3. The van der Waals surface area contributed by atoms with Gasteiger partial charge in [-0.15, -0.1) is 0 Å². The average Bonchev–Trinajstić information content (AvgIpc) is 2.19. The Morgan fingerprint density at radius 1 is 1.43 bits per heavy atom. The van der Waals surface area contributed by atoms with Gasteiger partial charge >= 0.3 is 12.0 Å². The van der Waals surface area contributed by atoms with Gasteiger partial charge in [-0.05, 0) is 6.92 Å². The molecule has 1 heterocycles. The Morgan fingerprint density at radius 2 is 2.00 bits per heavy atom. The number of hydrogen-bond donors (Lipinski definition) is 2. The zero-order chi connectivity index (χ0) is 10.6. The molecule has 0 aromatic carbocycles. The van der Waals surface area contributed by atoms with E-state index in [0.717, 1.165) is 11.5 Å². The van der Waals surface area contributed by atoms with Crippen LogP contribution in [0.4, 0.5) is 4.79 Å². The summed E-state index contributed by atoms with van der Waals surface area (Å²) in [6, 6.07) is -1.10. The standard InChI is InChI=1S/C8H14N2O3S/c1-6(7(11)12)9-8(13)10-2-4-14-5-3-10/h6H,2-5H2,1H3,(H,9,13)(H,11,12). The molecule has 1 rings (SSSR count). The fourth-order valence-corrected chi connectivity index (χ4v) is 2.01. The second-order valence-electron chi connectivity index (χ2n) is 3.11. The summed E-state index contributed by atoms with van der Waals surface area (Å²) in [5.74, 6) is 0.841. The lowest BCUT2D eigenvalue weighted by Gasteiger charge is -2.27. The summed E-state index contributed by atoms with van der Waals surface area (Å²) in [5, 5.41) is 11.0. The highest BCUT2D eigenvalue weighted by molar-refractivity contribution is 7.99. The van der Waals surface area contributed by atoms with E-state index < -0.39 is 12.0 Å². The summed E-state index contributed by atoms with van der Waals surface area (Å²) >= 11 is 1.80. The Morgan fingerprint density at radius 3 is 2.50 bits per heavy atom. The zero-order valence-electron chi connectivity index (χ0n) is 8.02. The molecule has 2 amide bonds. The van der Waals surface area contributed by atoms with E-state index >= 15 is 0 Å². The Balaban J connectivity index is 2.36. The number of amides is 2. The van der Waals surface area contributed by atoms with Crippen LogP contribution in [0.5, 0.6) is 0 Å². The molecule has 0 aliphatic carbocycles. The van der Waals surface area contributed by atoms with Gasteiger partial charge in [-0.3, -0.25) is 4.79 Å². The van der Waals surface area contributed by atoms with Crippen molar-refractivity contribution in [1.29, 1.82) is 0 Å². The van der Waals surface area contributed by atoms with E-state index in [2.05, 4.69) is 5.32 Å². The molecule has 1 aliphatic rings. The minimum Gasteiger partial charge on any atom is -0.480 e. The smallest absolute Gasteiger partial charge is 0.325 e. The highest BCUT2D eigenvalue weighted by atomic mass is 32.2. The van der Waals surface area contributed by atoms with Crippen LogP contribution in [0, 0.1) is 0 Å². The largest absolute Gasteiger partial charge is 0.480 e. The molecule has 1 unspecified atom stereocenters. The van der Waals surface area contributed by atoms with Gasteiger partial charge in [0.15, 0.2) is 0 Å². The average molecular weight is 218 g/mol. The van der Waals surface area contributed by atoms with E-state index in [4.69, 9.17) is 5.11 Å². The summed E-state index contributed by atoms with van der Waals surface area (Å²) < 4.78 is 0. The van der Waals surface area contributed by atoms with Crippen molar-refractivity contribution in [3.05, 3.63) is 0 Å². The van der Waals surface area contributed by atoms with Crippen LogP contribution in [-0.4, -0.2) is 52.6 Å². The number of nitrogens with zero attached hydrogens (tertiary/aromatic N) is 1. The molecule has 14 heavy (non-hydrogen) atoms. The van der Waals surface area contributed by atoms with Crippen LogP contribution in [0.3, 0.4) is 0 Å². The zero-order valence-corrected chi connectivity index (χ0v) is 8.84. The Bertz CT molecular complexity index is 229. The fraction of sp³-hybridized carbons (Fsp3) is 0.750. The first kappa shape index (κ1) is 11.2. The lowest BCUT2D eigenvalue weighted by Crippen LogP contribution is -2.49. The summed E-state index contributed by atoms with van der Waals surface area (Å²) in [6.07, 6.45) is 0. The van der Waals surface area contributed by atoms with Gasteiger partial charge < -0.3 is 15.3 Å². The molecule has 0 aromatic rings. The summed E-state index contributed by atoms with van der Waals surface area (Å²) in [5.41, 5.74) is 0. The molecule has 0 saturated carbocycles. The molecular weight excluding hydrogens is 204 g/mol. The SMILES string of the molecule is CC(NC(=O)N1CCSCC1)C(=O)O. The molecule has 0 radical (unpaired) electrons.